The number of amides is 1. The highest BCUT2D eigenvalue weighted by Gasteiger charge is 2.56. The fourth-order valence-electron chi connectivity index (χ4n) is 6.80. The number of nitrogens with zero attached hydrogens (tertiary/aromatic N) is 1. The third-order valence-corrected chi connectivity index (χ3v) is 9.89. The summed E-state index contributed by atoms with van der Waals surface area (Å²) in [6.07, 6.45) is -34.2. The highest BCUT2D eigenvalue weighted by atomic mass is 16.8. The van der Waals surface area contributed by atoms with Crippen LogP contribution >= 0.6 is 0 Å². The zero-order chi connectivity index (χ0) is 41.9. The molecule has 0 aliphatic carbocycles. The van der Waals surface area contributed by atoms with Crippen molar-refractivity contribution in [1.82, 2.24) is 5.32 Å². The van der Waals surface area contributed by atoms with Crippen molar-refractivity contribution in [1.29, 1.82) is 0 Å². The molecule has 4 heterocycles. The molecule has 0 saturated carbocycles. The van der Waals surface area contributed by atoms with Crippen LogP contribution in [0.2, 0.25) is 0 Å². The SMILES string of the molecule is CC(=O)N[C@@H]1[C@H](O[C@@H]2[C@H](O)[C@H](O[C@H]3[C@H](O)[C@H](O)[C@H](Oc4ccc([N+](=O)[O-])cc4)O[C@H]3CO)O[C@@H](CO)[C@@H]2O)O[C@@H](CO)[C@@H](O)[C@@H]1O[C@@H]1O[C@@H](CO)[C@H](O)[C@H](O)[C@@H]1O. The minimum Gasteiger partial charge on any atom is -0.462 e. The number of carbonyl (C=O) groups is 1. The normalized spacial score (nSPS) is 43.9. The van der Waals surface area contributed by atoms with Gasteiger partial charge in [-0.05, 0) is 12.1 Å². The van der Waals surface area contributed by atoms with Gasteiger partial charge in [0, 0.05) is 19.1 Å². The number of hydrogen-bond acceptors (Lipinski definition) is 23. The summed E-state index contributed by atoms with van der Waals surface area (Å²) in [5.41, 5.74) is -0.262. The summed E-state index contributed by atoms with van der Waals surface area (Å²) in [4.78, 5) is 22.7. The number of aliphatic hydroxyl groups excluding tert-OH is 12. The van der Waals surface area contributed by atoms with Gasteiger partial charge in [-0.2, -0.15) is 0 Å². The van der Waals surface area contributed by atoms with Gasteiger partial charge in [0.05, 0.1) is 31.4 Å². The Hall–Kier alpha value is -2.87. The maximum Gasteiger partial charge on any atom is 0.269 e. The van der Waals surface area contributed by atoms with E-state index in [1.807, 2.05) is 0 Å². The van der Waals surface area contributed by atoms with E-state index in [9.17, 15) is 76.2 Å². The Morgan fingerprint density at radius 2 is 1.05 bits per heavy atom. The Labute approximate surface area is 322 Å². The summed E-state index contributed by atoms with van der Waals surface area (Å²) in [6, 6.07) is 2.97. The Balaban J connectivity index is 1.35. The van der Waals surface area contributed by atoms with E-state index >= 15 is 0 Å². The summed E-state index contributed by atoms with van der Waals surface area (Å²) >= 11 is 0. The van der Waals surface area contributed by atoms with E-state index in [0.29, 0.717) is 0 Å². The summed E-state index contributed by atoms with van der Waals surface area (Å²) in [5.74, 6) is -0.800. The van der Waals surface area contributed by atoms with Crippen LogP contribution in [0, 0.1) is 10.1 Å². The lowest BCUT2D eigenvalue weighted by molar-refractivity contribution is -0.384. The average Bonchev–Trinajstić information content (AvgIpc) is 3.19. The third-order valence-electron chi connectivity index (χ3n) is 9.89. The van der Waals surface area contributed by atoms with E-state index < -0.39 is 160 Å². The van der Waals surface area contributed by atoms with Gasteiger partial charge in [0.1, 0.15) is 103 Å². The molecule has 324 valence electrons. The van der Waals surface area contributed by atoms with Gasteiger partial charge in [0.2, 0.25) is 12.2 Å². The molecule has 0 bridgehead atoms. The molecule has 1 aromatic rings. The van der Waals surface area contributed by atoms with Gasteiger partial charge in [-0.1, -0.05) is 0 Å². The molecule has 5 rings (SSSR count). The number of ether oxygens (including phenoxy) is 8. The maximum absolute atomic E-state index is 12.4. The molecule has 57 heavy (non-hydrogen) atoms. The second-order valence-electron chi connectivity index (χ2n) is 13.7. The molecule has 0 aromatic heterocycles. The highest BCUT2D eigenvalue weighted by Crippen LogP contribution is 2.35. The Bertz CT molecular complexity index is 1460. The van der Waals surface area contributed by atoms with E-state index in [4.69, 9.17) is 37.9 Å². The summed E-state index contributed by atoms with van der Waals surface area (Å²) in [5, 5.41) is 140. The second kappa shape index (κ2) is 19.5. The Morgan fingerprint density at radius 3 is 1.60 bits per heavy atom. The van der Waals surface area contributed by atoms with Crippen molar-refractivity contribution in [2.45, 2.75) is 130 Å². The van der Waals surface area contributed by atoms with Crippen molar-refractivity contribution in [3.63, 3.8) is 0 Å². The average molecular weight is 829 g/mol. The molecular formula is C32H48N2O23. The van der Waals surface area contributed by atoms with E-state index in [1.54, 1.807) is 0 Å². The minimum absolute atomic E-state index is 0.0157. The van der Waals surface area contributed by atoms with Crippen molar-refractivity contribution in [2.24, 2.45) is 0 Å². The topological polar surface area (TPSA) is 389 Å². The van der Waals surface area contributed by atoms with Gasteiger partial charge in [0.25, 0.3) is 5.69 Å². The predicted octanol–water partition coefficient (Wildman–Crippen LogP) is -7.61. The van der Waals surface area contributed by atoms with E-state index in [1.165, 1.54) is 12.1 Å². The molecule has 4 aliphatic heterocycles. The number of nitrogens with one attached hydrogen (secondary N) is 1. The monoisotopic (exact) mass is 828 g/mol. The quantitative estimate of drug-likeness (QED) is 0.0612. The molecular weight excluding hydrogens is 780 g/mol. The van der Waals surface area contributed by atoms with E-state index in [0.717, 1.165) is 19.1 Å². The van der Waals surface area contributed by atoms with Gasteiger partial charge in [-0.25, -0.2) is 0 Å². The first kappa shape index (κ1) is 45.2. The van der Waals surface area contributed by atoms with Crippen molar-refractivity contribution < 1.29 is 109 Å². The van der Waals surface area contributed by atoms with Crippen LogP contribution in [-0.4, -0.2) is 221 Å². The highest BCUT2D eigenvalue weighted by molar-refractivity contribution is 5.73. The molecule has 1 aromatic carbocycles. The van der Waals surface area contributed by atoms with E-state index in [-0.39, 0.29) is 11.4 Å². The van der Waals surface area contributed by atoms with Crippen molar-refractivity contribution in [3.8, 4) is 5.75 Å². The maximum atomic E-state index is 12.4. The molecule has 1 amide bonds. The molecule has 0 spiro atoms. The largest absolute Gasteiger partial charge is 0.462 e. The second-order valence-corrected chi connectivity index (χ2v) is 13.7. The number of nitro groups is 1. The molecule has 4 fully saturated rings. The fourth-order valence-corrected chi connectivity index (χ4v) is 6.80. The molecule has 20 atom stereocenters. The summed E-state index contributed by atoms with van der Waals surface area (Å²) in [7, 11) is 0. The van der Waals surface area contributed by atoms with Crippen LogP contribution < -0.4 is 10.1 Å². The molecule has 13 N–H and O–H groups in total. The van der Waals surface area contributed by atoms with Crippen LogP contribution in [0.3, 0.4) is 0 Å². The van der Waals surface area contributed by atoms with E-state index in [2.05, 4.69) is 5.32 Å². The zero-order valence-electron chi connectivity index (χ0n) is 30.0. The van der Waals surface area contributed by atoms with Crippen molar-refractivity contribution in [3.05, 3.63) is 34.4 Å². The van der Waals surface area contributed by atoms with Gasteiger partial charge < -0.3 is 104 Å². The lowest BCUT2D eigenvalue weighted by Crippen LogP contribution is -2.70. The first-order valence-electron chi connectivity index (χ1n) is 17.7. The lowest BCUT2D eigenvalue weighted by Gasteiger charge is -2.50. The van der Waals surface area contributed by atoms with Gasteiger partial charge in [-0.15, -0.1) is 0 Å². The first-order chi connectivity index (χ1) is 27.0. The van der Waals surface area contributed by atoms with Gasteiger partial charge in [0.15, 0.2) is 18.9 Å². The number of benzene rings is 1. The molecule has 25 heteroatoms. The number of carbonyl (C=O) groups excluding carboxylic acids is 1. The Morgan fingerprint density at radius 1 is 0.596 bits per heavy atom. The standard InChI is InChI=1S/C32H48N2O23/c1-10(39)33-17-27(56-31-23(45)21(43)18(40)13(6-35)52-31)19(41)14(7-36)51-29(17)57-28-20(42)15(8-37)53-32(25(28)47)55-26-16(9-38)54-30(24(46)22(26)44)50-12-4-2-11(3-5-12)34(48)49/h2-5,13-32,35-38,40-47H,6-9H2,1H3,(H,33,39)/t13-,14-,15-,16-,17-,18-,19+,20-,21-,22+,23-,24-,25-,26+,27+,28-,29-,30+,31-,32-/m0/s1. The predicted molar refractivity (Wildman–Crippen MR) is 177 cm³/mol. The number of nitro benzene ring substituents is 1. The van der Waals surface area contributed by atoms with Crippen LogP contribution in [-0.2, 0) is 38.0 Å². The smallest absolute Gasteiger partial charge is 0.269 e. The number of rotatable bonds is 14. The fraction of sp³-hybridized carbons (Fsp3) is 0.781. The third kappa shape index (κ3) is 9.79. The molecule has 0 unspecified atom stereocenters. The number of non-ortho nitro benzene ring substituents is 1. The van der Waals surface area contributed by atoms with Gasteiger partial charge in [-0.3, -0.25) is 14.9 Å². The molecule has 0 radical (unpaired) electrons. The number of aliphatic hydroxyl groups is 12. The van der Waals surface area contributed by atoms with Crippen molar-refractivity contribution >= 4 is 11.6 Å². The van der Waals surface area contributed by atoms with Crippen LogP contribution in [0.25, 0.3) is 0 Å². The number of hydrogen-bond donors (Lipinski definition) is 13. The lowest BCUT2D eigenvalue weighted by atomic mass is 9.94. The minimum atomic E-state index is -2.09. The van der Waals surface area contributed by atoms with Gasteiger partial charge >= 0.3 is 0 Å². The summed E-state index contributed by atoms with van der Waals surface area (Å²) in [6.45, 7) is -2.53. The van der Waals surface area contributed by atoms with Crippen LogP contribution in [0.15, 0.2) is 24.3 Å². The van der Waals surface area contributed by atoms with Crippen LogP contribution in [0.4, 0.5) is 5.69 Å². The Kier molecular flexibility index (Phi) is 15.4. The van der Waals surface area contributed by atoms with Crippen molar-refractivity contribution in [2.75, 3.05) is 26.4 Å². The molecule has 4 saturated heterocycles. The molecule has 25 nitrogen and oxygen atoms in total. The van der Waals surface area contributed by atoms with Crippen LogP contribution in [0.5, 0.6) is 5.75 Å². The first-order valence-corrected chi connectivity index (χ1v) is 17.7. The summed E-state index contributed by atoms with van der Waals surface area (Å²) < 4.78 is 45.2. The zero-order valence-corrected chi connectivity index (χ0v) is 30.0. The van der Waals surface area contributed by atoms with Crippen LogP contribution in [0.1, 0.15) is 6.92 Å². The molecule has 4 aliphatic rings.